The van der Waals surface area contributed by atoms with Crippen molar-refractivity contribution in [3.8, 4) is 0 Å². The van der Waals surface area contributed by atoms with E-state index in [9.17, 15) is 6.14 Å². The predicted molar refractivity (Wildman–Crippen MR) is 34.5 cm³/mol. The lowest BCUT2D eigenvalue weighted by Crippen LogP contribution is -2.24. The van der Waals surface area contributed by atoms with Crippen LogP contribution in [0.25, 0.3) is 0 Å². The number of hydrogen-bond acceptors (Lipinski definition) is 5. The number of alkyl halides is 1. The van der Waals surface area contributed by atoms with Gasteiger partial charge < -0.3 is 15.3 Å². The molecule has 5 nitrogen and oxygen atoms in total. The lowest BCUT2D eigenvalue weighted by Gasteiger charge is -2.05. The van der Waals surface area contributed by atoms with Gasteiger partial charge in [0.15, 0.2) is 4.11 Å². The van der Waals surface area contributed by atoms with Gasteiger partial charge in [-0.3, -0.25) is 0 Å². The summed E-state index contributed by atoms with van der Waals surface area (Å²) in [7, 11) is 0. The third kappa shape index (κ3) is 3.04. The summed E-state index contributed by atoms with van der Waals surface area (Å²) in [6.07, 6.45) is -1.55. The highest BCUT2D eigenvalue weighted by Crippen LogP contribution is 2.14. The fourth-order valence-corrected chi connectivity index (χ4v) is 1.11. The van der Waals surface area contributed by atoms with Crippen LogP contribution in [-0.4, -0.2) is 32.1 Å². The summed E-state index contributed by atoms with van der Waals surface area (Å²) in [5, 5.41) is 25.0. The molecule has 3 N–H and O–H groups in total. The third-order valence-electron chi connectivity index (χ3n) is 0.687. The maximum atomic E-state index is 9.91. The summed E-state index contributed by atoms with van der Waals surface area (Å²) in [6, 6.07) is 0. The van der Waals surface area contributed by atoms with Gasteiger partial charge in [0.1, 0.15) is 6.10 Å². The van der Waals surface area contributed by atoms with Crippen LogP contribution < -0.4 is 0 Å². The van der Waals surface area contributed by atoms with Crippen molar-refractivity contribution in [1.82, 2.24) is 0 Å². The molecule has 0 rings (SSSR count). The summed E-state index contributed by atoms with van der Waals surface area (Å²) in [5.74, 6) is 0. The zero-order chi connectivity index (χ0) is 7.44. The molecule has 0 heterocycles. The minimum absolute atomic E-state index is 0.736. The highest BCUT2D eigenvalue weighted by atomic mass is 127. The number of halogens is 1. The molecular weight excluding hydrogens is 243 g/mol. The van der Waals surface area contributed by atoms with Crippen LogP contribution in [0.15, 0.2) is 0 Å². The summed E-state index contributed by atoms with van der Waals surface area (Å²) in [5.41, 5.74) is 0. The van der Waals surface area contributed by atoms with Gasteiger partial charge in [0, 0.05) is 0 Å². The van der Waals surface area contributed by atoms with Crippen LogP contribution >= 0.6 is 19.8 Å². The van der Waals surface area contributed by atoms with E-state index < -0.39 is 36.6 Å². The monoisotopic (exact) mass is 250 g/mol. The Morgan fingerprint density at radius 3 is 1.89 bits per heavy atom. The van der Waals surface area contributed by atoms with Gasteiger partial charge in [0.05, 0.1) is 6.61 Å². The van der Waals surface area contributed by atoms with Crippen LogP contribution in [0.5, 0.6) is 0 Å². The molecule has 0 spiro atoms. The Bertz CT molecular complexity index is 133. The van der Waals surface area contributed by atoms with Crippen LogP contribution in [0.3, 0.4) is 0 Å². The zero-order valence-electron chi connectivity index (χ0n) is 4.40. The molecule has 2 atom stereocenters. The van der Waals surface area contributed by atoms with Crippen LogP contribution in [0.4, 0.5) is 0 Å². The van der Waals surface area contributed by atoms with Gasteiger partial charge in [-0.1, -0.05) is 0 Å². The van der Waals surface area contributed by atoms with E-state index in [0.29, 0.717) is 0 Å². The Balaban J connectivity index is 3.87. The van der Waals surface area contributed by atoms with Crippen LogP contribution in [0, 0.1) is 0 Å². The molecule has 0 aliphatic carbocycles. The first-order valence-electron chi connectivity index (χ1n) is 2.10. The Hall–Kier alpha value is 0.210. The van der Waals surface area contributed by atoms with Crippen molar-refractivity contribution in [2.24, 2.45) is 0 Å². The van der Waals surface area contributed by atoms with Gasteiger partial charge in [-0.2, -0.15) is 0 Å². The molecule has 0 aromatic heterocycles. The summed E-state index contributed by atoms with van der Waals surface area (Å²) >= 11 is -3.85. The molecular formula is C3H7IO5. The van der Waals surface area contributed by atoms with Crippen molar-refractivity contribution < 1.29 is 21.5 Å². The molecule has 0 saturated heterocycles. The number of aliphatic hydroxyl groups is 3. The van der Waals surface area contributed by atoms with Gasteiger partial charge in [-0.15, -0.1) is 0 Å². The molecule has 0 amide bonds. The highest BCUT2D eigenvalue weighted by Gasteiger charge is 2.19. The third-order valence-corrected chi connectivity index (χ3v) is 2.56. The quantitative estimate of drug-likeness (QED) is 0.434. The second-order valence-corrected chi connectivity index (χ2v) is 4.02. The fraction of sp³-hybridized carbons (Fsp3) is 1.00. The molecule has 0 aromatic rings. The van der Waals surface area contributed by atoms with E-state index in [4.69, 9.17) is 15.3 Å². The second kappa shape index (κ2) is 4.09. The van der Waals surface area contributed by atoms with E-state index in [2.05, 4.69) is 0 Å². The Labute approximate surface area is 58.5 Å². The van der Waals surface area contributed by atoms with Crippen molar-refractivity contribution in [1.29, 1.82) is 0 Å². The van der Waals surface area contributed by atoms with E-state index in [0.717, 1.165) is 0 Å². The number of rotatable bonds is 3. The molecule has 6 heteroatoms. The molecule has 0 aromatic carbocycles. The summed E-state index contributed by atoms with van der Waals surface area (Å²) < 4.78 is 18.1. The molecule has 0 aliphatic heterocycles. The lowest BCUT2D eigenvalue weighted by atomic mass is 10.4. The summed E-state index contributed by atoms with van der Waals surface area (Å²) in [6.45, 7) is -0.736. The lowest BCUT2D eigenvalue weighted by molar-refractivity contribution is 0.0349. The van der Waals surface area contributed by atoms with E-state index in [1.54, 1.807) is 0 Å². The minimum Gasteiger partial charge on any atom is -0.394 e. The van der Waals surface area contributed by atoms with Crippen molar-refractivity contribution in [3.05, 3.63) is 0 Å². The first-order chi connectivity index (χ1) is 4.09. The average Bonchev–Trinajstić information content (AvgIpc) is 1.84. The SMILES string of the molecule is O=I(=O)C(O)C(O)CO. The van der Waals surface area contributed by atoms with Gasteiger partial charge >= 0.3 is 19.8 Å². The molecule has 0 bridgehead atoms. The van der Waals surface area contributed by atoms with Crippen molar-refractivity contribution in [3.63, 3.8) is 0 Å². The fourth-order valence-electron chi connectivity index (χ4n) is 0.206. The zero-order valence-corrected chi connectivity index (χ0v) is 6.56. The van der Waals surface area contributed by atoms with Crippen molar-refractivity contribution in [2.75, 3.05) is 6.61 Å². The van der Waals surface area contributed by atoms with E-state index in [1.165, 1.54) is 0 Å². The minimum atomic E-state index is -3.85. The topological polar surface area (TPSA) is 94.8 Å². The molecule has 0 fully saturated rings. The number of hydrogen-bond donors (Lipinski definition) is 3. The highest BCUT2D eigenvalue weighted by molar-refractivity contribution is 14.2. The second-order valence-electron chi connectivity index (χ2n) is 1.36. The van der Waals surface area contributed by atoms with Gasteiger partial charge in [0.25, 0.3) is 0 Å². The van der Waals surface area contributed by atoms with E-state index in [-0.39, 0.29) is 0 Å². The molecule has 9 heavy (non-hydrogen) atoms. The van der Waals surface area contributed by atoms with Gasteiger partial charge in [-0.05, 0) is 0 Å². The molecule has 2 unspecified atom stereocenters. The van der Waals surface area contributed by atoms with Crippen molar-refractivity contribution >= 4 is 19.8 Å². The Morgan fingerprint density at radius 2 is 1.78 bits per heavy atom. The number of aliphatic hydroxyl groups excluding tert-OH is 3. The maximum Gasteiger partial charge on any atom is 0.339 e. The van der Waals surface area contributed by atoms with Crippen LogP contribution in [0.1, 0.15) is 0 Å². The normalized spacial score (nSPS) is 17.8. The summed E-state index contributed by atoms with van der Waals surface area (Å²) in [4.78, 5) is 0. The van der Waals surface area contributed by atoms with E-state index >= 15 is 0 Å². The van der Waals surface area contributed by atoms with E-state index in [1.807, 2.05) is 0 Å². The predicted octanol–water partition coefficient (Wildman–Crippen LogP) is -1.14. The van der Waals surface area contributed by atoms with Gasteiger partial charge in [-0.25, -0.2) is 6.14 Å². The largest absolute Gasteiger partial charge is 0.394 e. The molecule has 0 aliphatic rings. The van der Waals surface area contributed by atoms with Crippen molar-refractivity contribution in [2.45, 2.75) is 10.2 Å². The molecule has 56 valence electrons. The maximum absolute atomic E-state index is 9.91. The first-order valence-corrected chi connectivity index (χ1v) is 5.11. The van der Waals surface area contributed by atoms with Gasteiger partial charge in [0.2, 0.25) is 0 Å². The van der Waals surface area contributed by atoms with Crippen LogP contribution in [0.2, 0.25) is 0 Å². The standard InChI is InChI=1S/C3H7IO5/c5-1-2(6)3(7)4(8)9/h2-3,5-7H,1H2. The first kappa shape index (κ1) is 9.21. The Morgan fingerprint density at radius 1 is 1.33 bits per heavy atom. The molecule has 0 radical (unpaired) electrons. The van der Waals surface area contributed by atoms with Crippen LogP contribution in [-0.2, 0) is 6.14 Å². The average molecular weight is 250 g/mol. The molecule has 0 saturated carbocycles. The smallest absolute Gasteiger partial charge is 0.339 e. The Kier molecular flexibility index (Phi) is 4.19.